The summed E-state index contributed by atoms with van der Waals surface area (Å²) in [5.41, 5.74) is 2.91. The lowest BCUT2D eigenvalue weighted by Crippen LogP contribution is -2.09. The van der Waals surface area contributed by atoms with E-state index in [0.717, 1.165) is 77.2 Å². The normalized spacial score (nSPS) is 16.5. The molecule has 0 aromatic carbocycles. The van der Waals surface area contributed by atoms with Crippen LogP contribution in [-0.4, -0.2) is 36.4 Å². The predicted molar refractivity (Wildman–Crippen MR) is 120 cm³/mol. The minimum atomic E-state index is -0.688. The fraction of sp³-hybridized carbons (Fsp3) is 0.760. The molecule has 1 heterocycles. The maximum Gasteiger partial charge on any atom is 0.305 e. The van der Waals surface area contributed by atoms with Crippen molar-refractivity contribution in [2.24, 2.45) is 0 Å². The van der Waals surface area contributed by atoms with Crippen LogP contribution in [0.5, 0.6) is 0 Å². The van der Waals surface area contributed by atoms with E-state index in [1.807, 2.05) is 0 Å². The smallest absolute Gasteiger partial charge is 0.305 e. The van der Waals surface area contributed by atoms with Gasteiger partial charge >= 0.3 is 11.9 Å². The molecule has 1 saturated heterocycles. The lowest BCUT2D eigenvalue weighted by Gasteiger charge is -2.04. The van der Waals surface area contributed by atoms with Gasteiger partial charge in [-0.2, -0.15) is 0 Å². The van der Waals surface area contributed by atoms with Crippen LogP contribution in [0.2, 0.25) is 0 Å². The third kappa shape index (κ3) is 17.3. The molecule has 0 amide bonds. The average molecular weight is 423 g/mol. The van der Waals surface area contributed by atoms with E-state index < -0.39 is 5.97 Å². The number of aliphatic carboxylic acids is 1. The van der Waals surface area contributed by atoms with Crippen molar-refractivity contribution in [3.05, 3.63) is 23.3 Å². The van der Waals surface area contributed by atoms with E-state index in [1.54, 1.807) is 0 Å². The molecule has 0 aromatic rings. The Bertz CT molecular complexity index is 546. The van der Waals surface area contributed by atoms with Crippen LogP contribution in [0, 0.1) is 0 Å². The molecule has 0 radical (unpaired) electrons. The first-order valence-corrected chi connectivity index (χ1v) is 11.8. The van der Waals surface area contributed by atoms with Gasteiger partial charge in [-0.3, -0.25) is 9.59 Å². The number of carboxylic acid groups (broad SMARTS) is 1. The van der Waals surface area contributed by atoms with Crippen LogP contribution in [-0.2, 0) is 19.1 Å². The lowest BCUT2D eigenvalue weighted by atomic mass is 10.0. The van der Waals surface area contributed by atoms with Crippen LogP contribution < -0.4 is 0 Å². The van der Waals surface area contributed by atoms with Gasteiger partial charge in [0.15, 0.2) is 0 Å². The second-order valence-electron chi connectivity index (χ2n) is 8.54. The molecule has 1 unspecified atom stereocenters. The standard InChI is InChI=1S/C25H42O5/c1-21(13-7-3-5-9-17-24(26)27)15-11-12-16-22(2)14-8-4-6-10-18-25(28)30-20-23-19-29-23/h15-16,23H,3-14,17-20H2,1-2H3,(H,26,27). The number of unbranched alkanes of at least 4 members (excludes halogenated alkanes) is 7. The minimum absolute atomic E-state index is 0.0943. The highest BCUT2D eigenvalue weighted by Crippen LogP contribution is 2.15. The second kappa shape index (κ2) is 17.1. The Labute approximate surface area is 182 Å². The SMILES string of the molecule is CC(=CCCC=C(C)CCCCCCC(=O)OCC1CO1)CCCCCCC(=O)O. The van der Waals surface area contributed by atoms with E-state index in [9.17, 15) is 9.59 Å². The number of carbonyl (C=O) groups excluding carboxylic acids is 1. The monoisotopic (exact) mass is 422 g/mol. The Morgan fingerprint density at radius 2 is 1.30 bits per heavy atom. The van der Waals surface area contributed by atoms with Gasteiger partial charge in [0.2, 0.25) is 0 Å². The Balaban J connectivity index is 1.92. The van der Waals surface area contributed by atoms with Gasteiger partial charge in [-0.15, -0.1) is 0 Å². The van der Waals surface area contributed by atoms with Crippen LogP contribution in [0.15, 0.2) is 23.3 Å². The molecule has 0 bridgehead atoms. The molecule has 1 rings (SSSR count). The van der Waals surface area contributed by atoms with Crippen molar-refractivity contribution in [3.63, 3.8) is 0 Å². The molecule has 0 spiro atoms. The number of allylic oxidation sites excluding steroid dienone is 4. The molecule has 1 N–H and O–H groups in total. The Morgan fingerprint density at radius 3 is 1.77 bits per heavy atom. The number of epoxide rings is 1. The molecule has 1 aliphatic rings. The zero-order valence-electron chi connectivity index (χ0n) is 19.1. The van der Waals surface area contributed by atoms with Crippen molar-refractivity contribution in [1.82, 2.24) is 0 Å². The number of carboxylic acids is 1. The third-order valence-electron chi connectivity index (χ3n) is 5.40. The largest absolute Gasteiger partial charge is 0.481 e. The van der Waals surface area contributed by atoms with E-state index in [1.165, 1.54) is 17.6 Å². The Hall–Kier alpha value is -1.62. The molecule has 1 fully saturated rings. The molecule has 0 saturated carbocycles. The quantitative estimate of drug-likeness (QED) is 0.113. The molecular weight excluding hydrogens is 380 g/mol. The first kappa shape index (κ1) is 26.4. The highest BCUT2D eigenvalue weighted by molar-refractivity contribution is 5.69. The van der Waals surface area contributed by atoms with E-state index in [4.69, 9.17) is 14.6 Å². The van der Waals surface area contributed by atoms with E-state index in [0.29, 0.717) is 19.4 Å². The summed E-state index contributed by atoms with van der Waals surface area (Å²) in [5.74, 6) is -0.783. The second-order valence-corrected chi connectivity index (χ2v) is 8.54. The number of hydrogen-bond donors (Lipinski definition) is 1. The fourth-order valence-electron chi connectivity index (χ4n) is 3.35. The molecule has 30 heavy (non-hydrogen) atoms. The third-order valence-corrected chi connectivity index (χ3v) is 5.40. The zero-order chi connectivity index (χ0) is 22.0. The average Bonchev–Trinajstić information content (AvgIpc) is 3.53. The van der Waals surface area contributed by atoms with E-state index in [-0.39, 0.29) is 12.1 Å². The summed E-state index contributed by atoms with van der Waals surface area (Å²) in [6.07, 6.45) is 18.6. The molecule has 172 valence electrons. The van der Waals surface area contributed by atoms with Gasteiger partial charge in [0, 0.05) is 12.8 Å². The number of ether oxygens (including phenoxy) is 2. The Morgan fingerprint density at radius 1 is 0.833 bits per heavy atom. The van der Waals surface area contributed by atoms with Gasteiger partial charge in [0.05, 0.1) is 6.61 Å². The van der Waals surface area contributed by atoms with Crippen LogP contribution in [0.3, 0.4) is 0 Å². The van der Waals surface area contributed by atoms with E-state index >= 15 is 0 Å². The molecule has 5 heteroatoms. The summed E-state index contributed by atoms with van der Waals surface area (Å²) >= 11 is 0. The maximum absolute atomic E-state index is 11.5. The van der Waals surface area contributed by atoms with Crippen molar-refractivity contribution in [3.8, 4) is 0 Å². The van der Waals surface area contributed by atoms with Crippen LogP contribution in [0.4, 0.5) is 0 Å². The Kier molecular flexibility index (Phi) is 15.1. The van der Waals surface area contributed by atoms with Crippen LogP contribution in [0.25, 0.3) is 0 Å². The molecule has 5 nitrogen and oxygen atoms in total. The van der Waals surface area contributed by atoms with Gasteiger partial charge < -0.3 is 14.6 Å². The van der Waals surface area contributed by atoms with Crippen molar-refractivity contribution in [2.45, 2.75) is 110 Å². The maximum atomic E-state index is 11.5. The molecule has 1 atom stereocenters. The van der Waals surface area contributed by atoms with Crippen molar-refractivity contribution < 1.29 is 24.2 Å². The first-order valence-electron chi connectivity index (χ1n) is 11.8. The van der Waals surface area contributed by atoms with Crippen LogP contribution in [0.1, 0.15) is 104 Å². The zero-order valence-corrected chi connectivity index (χ0v) is 19.1. The highest BCUT2D eigenvalue weighted by Gasteiger charge is 2.23. The number of rotatable bonds is 19. The number of carbonyl (C=O) groups is 2. The number of hydrogen-bond acceptors (Lipinski definition) is 4. The number of esters is 1. The van der Waals surface area contributed by atoms with Crippen molar-refractivity contribution in [1.29, 1.82) is 0 Å². The van der Waals surface area contributed by atoms with Gasteiger partial charge in [-0.05, 0) is 65.2 Å². The molecule has 0 aromatic heterocycles. The van der Waals surface area contributed by atoms with Gasteiger partial charge in [-0.1, -0.05) is 49.0 Å². The summed E-state index contributed by atoms with van der Waals surface area (Å²) < 4.78 is 10.1. The predicted octanol–water partition coefficient (Wildman–Crippen LogP) is 6.37. The van der Waals surface area contributed by atoms with Crippen molar-refractivity contribution in [2.75, 3.05) is 13.2 Å². The molecular formula is C25H42O5. The summed E-state index contributed by atoms with van der Waals surface area (Å²) in [5, 5.41) is 8.62. The van der Waals surface area contributed by atoms with Crippen LogP contribution >= 0.6 is 0 Å². The first-order chi connectivity index (χ1) is 14.5. The molecule has 0 aliphatic carbocycles. The van der Waals surface area contributed by atoms with Crippen molar-refractivity contribution >= 4 is 11.9 Å². The summed E-state index contributed by atoms with van der Waals surface area (Å²) in [6.45, 7) is 5.56. The summed E-state index contributed by atoms with van der Waals surface area (Å²) in [6, 6.07) is 0. The highest BCUT2D eigenvalue weighted by atomic mass is 16.6. The summed E-state index contributed by atoms with van der Waals surface area (Å²) in [7, 11) is 0. The molecule has 1 aliphatic heterocycles. The fourth-order valence-corrected chi connectivity index (χ4v) is 3.35. The van der Waals surface area contributed by atoms with Gasteiger partial charge in [0.1, 0.15) is 12.7 Å². The van der Waals surface area contributed by atoms with Gasteiger partial charge in [0.25, 0.3) is 0 Å². The summed E-state index contributed by atoms with van der Waals surface area (Å²) in [4.78, 5) is 22.0. The topological polar surface area (TPSA) is 76.1 Å². The lowest BCUT2D eigenvalue weighted by molar-refractivity contribution is -0.144. The minimum Gasteiger partial charge on any atom is -0.481 e. The van der Waals surface area contributed by atoms with Gasteiger partial charge in [-0.25, -0.2) is 0 Å². The van der Waals surface area contributed by atoms with E-state index in [2.05, 4.69) is 26.0 Å².